The van der Waals surface area contributed by atoms with Gasteiger partial charge >= 0.3 is 5.92 Å². The van der Waals surface area contributed by atoms with E-state index in [9.17, 15) is 22.8 Å². The lowest BCUT2D eigenvalue weighted by atomic mass is 10.1. The summed E-state index contributed by atoms with van der Waals surface area (Å²) in [5.74, 6) is -4.91. The number of halogens is 6. The molecule has 4 nitrogen and oxygen atoms in total. The molecular formula is C24H14Br2F4N2O2. The van der Waals surface area contributed by atoms with Crippen molar-refractivity contribution < 1.29 is 27.2 Å². The van der Waals surface area contributed by atoms with Crippen LogP contribution < -0.4 is 10.2 Å². The summed E-state index contributed by atoms with van der Waals surface area (Å²) < 4.78 is 55.2. The van der Waals surface area contributed by atoms with Crippen LogP contribution in [0.3, 0.4) is 0 Å². The molecule has 0 aromatic heterocycles. The lowest BCUT2D eigenvalue weighted by Gasteiger charge is -2.20. The van der Waals surface area contributed by atoms with Gasteiger partial charge in [0.1, 0.15) is 6.17 Å². The fourth-order valence-corrected chi connectivity index (χ4v) is 4.41. The molecule has 34 heavy (non-hydrogen) atoms. The molecule has 0 fully saturated rings. The van der Waals surface area contributed by atoms with Crippen LogP contribution in [-0.2, 0) is 5.92 Å². The van der Waals surface area contributed by atoms with Crippen molar-refractivity contribution in [2.24, 2.45) is 0 Å². The highest BCUT2D eigenvalue weighted by Crippen LogP contribution is 2.38. The molecule has 1 N–H and O–H groups in total. The van der Waals surface area contributed by atoms with Crippen molar-refractivity contribution in [3.05, 3.63) is 92.1 Å². The highest BCUT2D eigenvalue weighted by Gasteiger charge is 2.31. The maximum absolute atomic E-state index is 15.2. The molecule has 10 heteroatoms. The van der Waals surface area contributed by atoms with E-state index >= 15 is 4.39 Å². The van der Waals surface area contributed by atoms with Crippen LogP contribution in [0.15, 0.2) is 69.6 Å². The Morgan fingerprint density at radius 1 is 1.00 bits per heavy atom. The summed E-state index contributed by atoms with van der Waals surface area (Å²) in [4.78, 5) is 26.6. The van der Waals surface area contributed by atoms with Gasteiger partial charge in [-0.3, -0.25) is 9.59 Å². The largest absolute Gasteiger partial charge is 0.336 e. The standard InChI is InChI=1S/C24H14Br2F4N2O2/c1-32(23(34)14-6-3-2-4-7-14)19-9-5-8-16(20(19)28)22(33)31-21-17(25)12-15(13-18(21)26)24(29,30)10-11-27/h2-9,12-13H,1H3,(H,31,33). The summed E-state index contributed by atoms with van der Waals surface area (Å²) in [6, 6.07) is 14.1. The van der Waals surface area contributed by atoms with Crippen molar-refractivity contribution in [3.8, 4) is 12.1 Å². The van der Waals surface area contributed by atoms with Crippen molar-refractivity contribution in [1.82, 2.24) is 0 Å². The third kappa shape index (κ3) is 5.32. The molecular weight excluding hydrogens is 584 g/mol. The van der Waals surface area contributed by atoms with E-state index in [0.29, 0.717) is 11.7 Å². The Morgan fingerprint density at radius 2 is 1.62 bits per heavy atom. The van der Waals surface area contributed by atoms with Crippen molar-refractivity contribution in [2.75, 3.05) is 17.3 Å². The smallest absolute Gasteiger partial charge is 0.320 e. The Kier molecular flexibility index (Phi) is 7.79. The zero-order valence-corrected chi connectivity index (χ0v) is 20.5. The van der Waals surface area contributed by atoms with Gasteiger partial charge in [-0.05, 0) is 68.3 Å². The number of nitrogens with one attached hydrogen (secondary N) is 1. The van der Waals surface area contributed by atoms with E-state index in [1.165, 1.54) is 25.2 Å². The number of hydrogen-bond donors (Lipinski definition) is 1. The molecule has 0 atom stereocenters. The Bertz CT molecular complexity index is 1300. The topological polar surface area (TPSA) is 49.4 Å². The Morgan fingerprint density at radius 3 is 2.21 bits per heavy atom. The van der Waals surface area contributed by atoms with Crippen LogP contribution in [0, 0.1) is 17.9 Å². The molecule has 3 aromatic rings. The second kappa shape index (κ2) is 10.4. The van der Waals surface area contributed by atoms with E-state index in [2.05, 4.69) is 37.2 Å². The van der Waals surface area contributed by atoms with Gasteiger partial charge in [0, 0.05) is 33.0 Å². The predicted molar refractivity (Wildman–Crippen MR) is 128 cm³/mol. The minimum Gasteiger partial charge on any atom is -0.320 e. The first-order valence-electron chi connectivity index (χ1n) is 9.50. The number of hydrogen-bond acceptors (Lipinski definition) is 2. The molecule has 0 aliphatic carbocycles. The second-order valence-electron chi connectivity index (χ2n) is 6.93. The molecule has 3 rings (SSSR count). The van der Waals surface area contributed by atoms with Gasteiger partial charge in [0.25, 0.3) is 11.8 Å². The van der Waals surface area contributed by atoms with Gasteiger partial charge in [-0.25, -0.2) is 4.39 Å². The number of carbonyl (C=O) groups excluding carboxylic acids is 2. The summed E-state index contributed by atoms with van der Waals surface area (Å²) in [6.07, 6.45) is 0.683. The second-order valence-corrected chi connectivity index (χ2v) is 8.64. The lowest BCUT2D eigenvalue weighted by molar-refractivity contribution is 0.0633. The van der Waals surface area contributed by atoms with Gasteiger partial charge in [-0.15, -0.1) is 4.39 Å². The molecule has 0 saturated heterocycles. The summed E-state index contributed by atoms with van der Waals surface area (Å²) in [5.41, 5.74) is -0.748. The first-order valence-corrected chi connectivity index (χ1v) is 11.1. The average molecular weight is 598 g/mol. The zero-order valence-electron chi connectivity index (χ0n) is 17.3. The number of benzene rings is 3. The van der Waals surface area contributed by atoms with Crippen molar-refractivity contribution in [3.63, 3.8) is 0 Å². The van der Waals surface area contributed by atoms with Crippen LogP contribution in [0.25, 0.3) is 0 Å². The fourth-order valence-electron chi connectivity index (χ4n) is 3.02. The summed E-state index contributed by atoms with van der Waals surface area (Å²) >= 11 is 6.15. The van der Waals surface area contributed by atoms with E-state index < -0.39 is 29.1 Å². The quantitative estimate of drug-likeness (QED) is 0.257. The molecule has 0 saturated carbocycles. The van der Waals surface area contributed by atoms with E-state index in [4.69, 9.17) is 0 Å². The number of carbonyl (C=O) groups is 2. The van der Waals surface area contributed by atoms with Crippen LogP contribution in [0.5, 0.6) is 0 Å². The highest BCUT2D eigenvalue weighted by molar-refractivity contribution is 9.11. The molecule has 0 heterocycles. The fraction of sp³-hybridized carbons (Fsp3) is 0.0833. The Labute approximate surface area is 209 Å². The van der Waals surface area contributed by atoms with E-state index in [-0.39, 0.29) is 25.9 Å². The van der Waals surface area contributed by atoms with Crippen LogP contribution in [0.2, 0.25) is 0 Å². The van der Waals surface area contributed by atoms with Gasteiger partial charge in [-0.2, -0.15) is 8.78 Å². The first-order chi connectivity index (χ1) is 16.1. The maximum Gasteiger partial charge on any atom is 0.336 e. The van der Waals surface area contributed by atoms with E-state index in [0.717, 1.165) is 23.0 Å². The van der Waals surface area contributed by atoms with Crippen molar-refractivity contribution in [2.45, 2.75) is 5.92 Å². The molecule has 174 valence electrons. The highest BCUT2D eigenvalue weighted by atomic mass is 79.9. The van der Waals surface area contributed by atoms with Crippen molar-refractivity contribution in [1.29, 1.82) is 0 Å². The third-order valence-corrected chi connectivity index (χ3v) is 6.01. The van der Waals surface area contributed by atoms with Gasteiger partial charge < -0.3 is 10.2 Å². The SMILES string of the molecule is CN(C(=O)c1ccccc1)c1cccc(C(=O)Nc2c(Br)cc(C(F)(F)C#CF)cc2Br)c1F. The predicted octanol–water partition coefficient (Wildman–Crippen LogP) is 6.90. The van der Waals surface area contributed by atoms with Gasteiger partial charge in [0.15, 0.2) is 5.82 Å². The lowest BCUT2D eigenvalue weighted by Crippen LogP contribution is -2.28. The van der Waals surface area contributed by atoms with Gasteiger partial charge in [-0.1, -0.05) is 24.3 Å². The van der Waals surface area contributed by atoms with E-state index in [1.54, 1.807) is 30.3 Å². The minimum absolute atomic E-state index is 0.0264. The molecule has 2 amide bonds. The minimum atomic E-state index is -3.77. The summed E-state index contributed by atoms with van der Waals surface area (Å²) in [5, 5.41) is 2.44. The summed E-state index contributed by atoms with van der Waals surface area (Å²) in [7, 11) is 1.38. The molecule has 3 aromatic carbocycles. The number of alkyl halides is 2. The third-order valence-electron chi connectivity index (χ3n) is 4.76. The molecule has 0 unspecified atom stereocenters. The Balaban J connectivity index is 1.90. The maximum atomic E-state index is 15.2. The van der Waals surface area contributed by atoms with Crippen LogP contribution >= 0.6 is 31.9 Å². The Hall–Kier alpha value is -3.16. The van der Waals surface area contributed by atoms with Crippen LogP contribution in [0.4, 0.5) is 28.9 Å². The number of nitrogens with zero attached hydrogens (tertiary/aromatic N) is 1. The average Bonchev–Trinajstić information content (AvgIpc) is 2.81. The number of anilines is 2. The van der Waals surface area contributed by atoms with Crippen molar-refractivity contribution >= 4 is 55.0 Å². The zero-order chi connectivity index (χ0) is 25.0. The van der Waals surface area contributed by atoms with Crippen LogP contribution in [0.1, 0.15) is 26.3 Å². The molecule has 0 aliphatic heterocycles. The number of amides is 2. The molecule has 0 bridgehead atoms. The van der Waals surface area contributed by atoms with Crippen LogP contribution in [-0.4, -0.2) is 18.9 Å². The monoisotopic (exact) mass is 596 g/mol. The van der Waals surface area contributed by atoms with Gasteiger partial charge in [0.05, 0.1) is 16.9 Å². The normalized spacial score (nSPS) is 10.8. The van der Waals surface area contributed by atoms with Gasteiger partial charge in [0.2, 0.25) is 0 Å². The molecule has 0 aliphatic rings. The number of rotatable bonds is 5. The molecule has 0 spiro atoms. The first kappa shape index (κ1) is 25.5. The molecule has 0 radical (unpaired) electrons. The van der Waals surface area contributed by atoms with E-state index in [1.807, 2.05) is 0 Å². The summed E-state index contributed by atoms with van der Waals surface area (Å²) in [6.45, 7) is 0.